The molecule has 2 aliphatic heterocycles. The predicted octanol–water partition coefficient (Wildman–Crippen LogP) is 4.32. The highest BCUT2D eigenvalue weighted by Gasteiger charge is 2.27. The summed E-state index contributed by atoms with van der Waals surface area (Å²) in [6.45, 7) is 5.14. The summed E-state index contributed by atoms with van der Waals surface area (Å²) in [5.41, 5.74) is 6.30. The number of amides is 2. The molecule has 1 atom stereocenters. The van der Waals surface area contributed by atoms with Gasteiger partial charge >= 0.3 is 0 Å². The van der Waals surface area contributed by atoms with Crippen LogP contribution in [0.25, 0.3) is 22.5 Å². The molecule has 2 amide bonds. The van der Waals surface area contributed by atoms with Crippen molar-refractivity contribution in [1.82, 2.24) is 30.1 Å². The van der Waals surface area contributed by atoms with E-state index in [0.717, 1.165) is 28.7 Å². The van der Waals surface area contributed by atoms with Gasteiger partial charge < -0.3 is 25.4 Å². The number of β-amino-alcohol motifs (C(OH)–C–C–N with tert-alkyl or cyclic N) is 1. The molecule has 6 rings (SSSR count). The van der Waals surface area contributed by atoms with Crippen molar-refractivity contribution in [3.05, 3.63) is 88.3 Å². The molecule has 3 N–H and O–H groups in total. The van der Waals surface area contributed by atoms with Crippen molar-refractivity contribution in [2.24, 2.45) is 0 Å². The lowest BCUT2D eigenvalue weighted by molar-refractivity contribution is -0.127. The number of hydrogen-bond acceptors (Lipinski definition) is 9. The Morgan fingerprint density at radius 3 is 2.64 bits per heavy atom. The number of hydrogen-bond donors (Lipinski definition) is 3. The largest absolute Gasteiger partial charge is 0.481 e. The van der Waals surface area contributed by atoms with Gasteiger partial charge in [-0.05, 0) is 48.7 Å². The first-order valence-corrected chi connectivity index (χ1v) is 16.0. The molecule has 1 aromatic carbocycles. The molecule has 0 spiro atoms. The van der Waals surface area contributed by atoms with Crippen LogP contribution in [0.15, 0.2) is 60.9 Å². The Morgan fingerprint density at radius 1 is 1.11 bits per heavy atom. The van der Waals surface area contributed by atoms with Gasteiger partial charge in [0.2, 0.25) is 11.8 Å². The molecule has 47 heavy (non-hydrogen) atoms. The summed E-state index contributed by atoms with van der Waals surface area (Å²) in [6, 6.07) is 15.1. The molecule has 0 saturated carbocycles. The van der Waals surface area contributed by atoms with E-state index in [0.29, 0.717) is 78.4 Å². The average molecular weight is 656 g/mol. The van der Waals surface area contributed by atoms with Crippen LogP contribution < -0.4 is 15.4 Å². The van der Waals surface area contributed by atoms with Gasteiger partial charge in [0.05, 0.1) is 29.6 Å². The van der Waals surface area contributed by atoms with E-state index in [-0.39, 0.29) is 24.0 Å². The van der Waals surface area contributed by atoms with Crippen LogP contribution in [0.3, 0.4) is 0 Å². The lowest BCUT2D eigenvalue weighted by atomic mass is 10.0. The second-order valence-electron chi connectivity index (χ2n) is 12.0. The Bertz CT molecular complexity index is 1780. The third-order valence-corrected chi connectivity index (χ3v) is 9.25. The first kappa shape index (κ1) is 32.5. The van der Waals surface area contributed by atoms with Crippen molar-refractivity contribution in [2.45, 2.75) is 45.0 Å². The van der Waals surface area contributed by atoms with Gasteiger partial charge in [-0.2, -0.15) is 0 Å². The normalized spacial score (nSPS) is 16.7. The number of nitrogens with zero attached hydrogens (tertiary/aromatic N) is 5. The fraction of sp³-hybridized carbons (Fsp3) is 0.343. The van der Waals surface area contributed by atoms with Gasteiger partial charge in [-0.15, -0.1) is 0 Å². The summed E-state index contributed by atoms with van der Waals surface area (Å²) >= 11 is 6.99. The number of carbonyl (C=O) groups excluding carboxylic acids is 2. The number of benzene rings is 1. The van der Waals surface area contributed by atoms with E-state index < -0.39 is 0 Å². The molecule has 4 aromatic rings. The molecule has 2 fully saturated rings. The van der Waals surface area contributed by atoms with E-state index in [4.69, 9.17) is 21.3 Å². The molecule has 0 radical (unpaired) electrons. The van der Waals surface area contributed by atoms with Gasteiger partial charge in [-0.3, -0.25) is 24.5 Å². The molecule has 0 unspecified atom stereocenters. The number of rotatable bonds is 11. The first-order valence-electron chi connectivity index (χ1n) is 15.6. The number of aromatic nitrogens is 3. The SMILES string of the molecule is COc1nc(-c2ccnc(-c3cccc(NC(=O)c4ccc(CN5CC(O)C5)cn4)c3C)c2Cl)ccc1CNC[C@@H]1CCC(=O)N1C. The number of aliphatic hydroxyl groups excluding tert-OH is 1. The standard InChI is InChI=1S/C35H38ClN7O4/c1-21-26(5-4-6-28(21)40-34(46)30-10-7-22(15-39-30)18-43-19-25(44)20-43)33-32(36)27(13-14-38-33)29-11-8-23(35(41-29)47-3)16-37-17-24-9-12-31(45)42(24)2/h4-8,10-11,13-15,24-25,37,44H,9,12,16-20H2,1-3H3,(H,40,46)/t24-/m0/s1. The fourth-order valence-electron chi connectivity index (χ4n) is 6.03. The molecule has 2 saturated heterocycles. The summed E-state index contributed by atoms with van der Waals surface area (Å²) in [4.78, 5) is 42.6. The second kappa shape index (κ2) is 14.1. The maximum absolute atomic E-state index is 13.1. The van der Waals surface area contributed by atoms with E-state index in [1.165, 1.54) is 0 Å². The van der Waals surface area contributed by atoms with Gasteiger partial charge in [0.15, 0.2) is 0 Å². The number of halogens is 1. The van der Waals surface area contributed by atoms with Crippen LogP contribution in [0.5, 0.6) is 5.88 Å². The second-order valence-corrected chi connectivity index (χ2v) is 12.4. The van der Waals surface area contributed by atoms with Gasteiger partial charge in [0, 0.05) is 87.0 Å². The van der Waals surface area contributed by atoms with Crippen molar-refractivity contribution < 1.29 is 19.4 Å². The Hall–Kier alpha value is -4.42. The molecule has 0 bridgehead atoms. The highest BCUT2D eigenvalue weighted by molar-refractivity contribution is 6.35. The highest BCUT2D eigenvalue weighted by Crippen LogP contribution is 2.38. The van der Waals surface area contributed by atoms with Crippen LogP contribution in [0.2, 0.25) is 5.02 Å². The zero-order valence-corrected chi connectivity index (χ0v) is 27.4. The van der Waals surface area contributed by atoms with Crippen LogP contribution in [-0.2, 0) is 17.9 Å². The van der Waals surface area contributed by atoms with E-state index in [9.17, 15) is 14.7 Å². The Labute approximate surface area is 279 Å². The third-order valence-electron chi connectivity index (χ3n) is 8.86. The van der Waals surface area contributed by atoms with Crippen LogP contribution in [-0.4, -0.2) is 87.6 Å². The van der Waals surface area contributed by atoms with Crippen molar-refractivity contribution in [2.75, 3.05) is 39.1 Å². The highest BCUT2D eigenvalue weighted by atomic mass is 35.5. The van der Waals surface area contributed by atoms with Crippen LogP contribution >= 0.6 is 11.6 Å². The number of likely N-dealkylation sites (tertiary alicyclic amines) is 2. The lowest BCUT2D eigenvalue weighted by Gasteiger charge is -2.35. The van der Waals surface area contributed by atoms with E-state index in [1.807, 2.05) is 56.4 Å². The minimum absolute atomic E-state index is 0.181. The van der Waals surface area contributed by atoms with E-state index in [1.54, 1.807) is 30.5 Å². The summed E-state index contributed by atoms with van der Waals surface area (Å²) in [5, 5.41) is 16.3. The number of ether oxygens (including phenoxy) is 1. The van der Waals surface area contributed by atoms with Gasteiger partial charge in [0.25, 0.3) is 5.91 Å². The Balaban J connectivity index is 1.16. The molecule has 2 aliphatic rings. The molecule has 11 nitrogen and oxygen atoms in total. The monoisotopic (exact) mass is 655 g/mol. The van der Waals surface area contributed by atoms with Crippen molar-refractivity contribution in [1.29, 1.82) is 0 Å². The number of aliphatic hydroxyl groups is 1. The molecule has 3 aromatic heterocycles. The van der Waals surface area contributed by atoms with Gasteiger partial charge in [-0.25, -0.2) is 4.98 Å². The number of carbonyl (C=O) groups is 2. The maximum atomic E-state index is 13.1. The van der Waals surface area contributed by atoms with Crippen LogP contribution in [0.4, 0.5) is 5.69 Å². The summed E-state index contributed by atoms with van der Waals surface area (Å²) in [7, 11) is 3.44. The number of methoxy groups -OCH3 is 1. The lowest BCUT2D eigenvalue weighted by Crippen LogP contribution is -2.49. The summed E-state index contributed by atoms with van der Waals surface area (Å²) in [6.07, 6.45) is 4.57. The minimum Gasteiger partial charge on any atom is -0.481 e. The Morgan fingerprint density at radius 2 is 1.94 bits per heavy atom. The number of pyridine rings is 3. The number of likely N-dealkylation sites (N-methyl/N-ethyl adjacent to an activating group) is 1. The smallest absolute Gasteiger partial charge is 0.274 e. The van der Waals surface area contributed by atoms with Crippen molar-refractivity contribution >= 4 is 29.1 Å². The van der Waals surface area contributed by atoms with E-state index in [2.05, 4.69) is 25.5 Å². The predicted molar refractivity (Wildman–Crippen MR) is 180 cm³/mol. The molecule has 0 aliphatic carbocycles. The summed E-state index contributed by atoms with van der Waals surface area (Å²) < 4.78 is 5.64. The van der Waals surface area contributed by atoms with Crippen LogP contribution in [0.1, 0.15) is 40.0 Å². The average Bonchev–Trinajstić information content (AvgIpc) is 3.38. The Kier molecular flexibility index (Phi) is 9.79. The first-order chi connectivity index (χ1) is 22.7. The van der Waals surface area contributed by atoms with E-state index >= 15 is 0 Å². The zero-order valence-electron chi connectivity index (χ0n) is 26.7. The molecular weight excluding hydrogens is 618 g/mol. The fourth-order valence-corrected chi connectivity index (χ4v) is 6.34. The van der Waals surface area contributed by atoms with Crippen molar-refractivity contribution in [3.8, 4) is 28.4 Å². The maximum Gasteiger partial charge on any atom is 0.274 e. The zero-order chi connectivity index (χ0) is 33.1. The number of anilines is 1. The topological polar surface area (TPSA) is 133 Å². The number of nitrogens with one attached hydrogen (secondary N) is 2. The van der Waals surface area contributed by atoms with Crippen molar-refractivity contribution in [3.63, 3.8) is 0 Å². The summed E-state index contributed by atoms with van der Waals surface area (Å²) in [5.74, 6) is 0.348. The molecule has 244 valence electrons. The molecule has 12 heteroatoms. The van der Waals surface area contributed by atoms with Gasteiger partial charge in [-0.1, -0.05) is 35.9 Å². The quantitative estimate of drug-likeness (QED) is 0.216. The molecule has 5 heterocycles. The minimum atomic E-state index is -0.321. The van der Waals surface area contributed by atoms with Crippen LogP contribution in [0, 0.1) is 6.92 Å². The molecular formula is C35H38ClN7O4. The third kappa shape index (κ3) is 7.13. The van der Waals surface area contributed by atoms with Gasteiger partial charge in [0.1, 0.15) is 5.69 Å².